The van der Waals surface area contributed by atoms with Crippen LogP contribution in [0.2, 0.25) is 0 Å². The maximum absolute atomic E-state index is 13.0. The number of nitrogens with zero attached hydrogens (tertiary/aromatic N) is 5. The molecule has 3 heterocycles. The summed E-state index contributed by atoms with van der Waals surface area (Å²) in [5.41, 5.74) is 13.7. The van der Waals surface area contributed by atoms with Gasteiger partial charge in [-0.05, 0) is 50.2 Å². The molecule has 1 aliphatic heterocycles. The fraction of sp³-hybridized carbons (Fsp3) is 0.385. The standard InChI is InChI=1S/C26H29F2N7O2/c1-2-6-21(36)33-11-4-9-20(10-5-12-33)35-25(29)22(26(30)37)23(32-35)19-14-31-34(16-19)15-17-7-3-8-18(13-17)24(27)28/h3,7-8,13-14,16,20,24H,4-5,9-12,15,29H2,1H3,(H2,30,37). The number of likely N-dealkylation sites (tertiary alicyclic amines) is 1. The molecule has 1 aromatic carbocycles. The Hall–Kier alpha value is -4.20. The Balaban J connectivity index is 1.56. The molecule has 0 aliphatic carbocycles. The number of benzene rings is 1. The van der Waals surface area contributed by atoms with Crippen molar-refractivity contribution in [3.05, 3.63) is 53.3 Å². The van der Waals surface area contributed by atoms with Crippen LogP contribution in [-0.2, 0) is 11.3 Å². The van der Waals surface area contributed by atoms with Gasteiger partial charge in [0.1, 0.15) is 17.1 Å². The first-order valence-corrected chi connectivity index (χ1v) is 12.1. The molecule has 1 fully saturated rings. The van der Waals surface area contributed by atoms with E-state index in [1.807, 2.05) is 0 Å². The third-order valence-electron chi connectivity index (χ3n) is 6.44. The fourth-order valence-electron chi connectivity index (χ4n) is 4.68. The van der Waals surface area contributed by atoms with E-state index >= 15 is 0 Å². The minimum Gasteiger partial charge on any atom is -0.383 e. The van der Waals surface area contributed by atoms with Crippen molar-refractivity contribution >= 4 is 17.6 Å². The van der Waals surface area contributed by atoms with Crippen molar-refractivity contribution in [2.45, 2.75) is 51.6 Å². The van der Waals surface area contributed by atoms with E-state index in [0.717, 1.165) is 12.8 Å². The largest absolute Gasteiger partial charge is 0.383 e. The lowest BCUT2D eigenvalue weighted by Gasteiger charge is -2.27. The van der Waals surface area contributed by atoms with Gasteiger partial charge in [-0.15, -0.1) is 0 Å². The van der Waals surface area contributed by atoms with Gasteiger partial charge in [0.15, 0.2) is 0 Å². The second kappa shape index (κ2) is 11.2. The van der Waals surface area contributed by atoms with Gasteiger partial charge in [0.25, 0.3) is 18.2 Å². The predicted octanol–water partition coefficient (Wildman–Crippen LogP) is 3.38. The van der Waals surface area contributed by atoms with Crippen molar-refractivity contribution < 1.29 is 18.4 Å². The van der Waals surface area contributed by atoms with Crippen molar-refractivity contribution in [2.75, 3.05) is 18.8 Å². The van der Waals surface area contributed by atoms with Crippen LogP contribution in [0.3, 0.4) is 0 Å². The SMILES string of the molecule is CC#CC(=O)N1CCCC(n2nc(-c3cnn(Cc4cccc(C(F)F)c4)c3)c(C(N)=O)c2N)CCC1. The average molecular weight is 510 g/mol. The number of alkyl halides is 2. The van der Waals surface area contributed by atoms with Crippen LogP contribution in [-0.4, -0.2) is 49.4 Å². The van der Waals surface area contributed by atoms with Crippen molar-refractivity contribution in [3.8, 4) is 23.1 Å². The van der Waals surface area contributed by atoms with Crippen LogP contribution in [0, 0.1) is 11.8 Å². The van der Waals surface area contributed by atoms with Crippen LogP contribution in [0.25, 0.3) is 11.3 Å². The van der Waals surface area contributed by atoms with Gasteiger partial charge in [-0.25, -0.2) is 13.5 Å². The molecule has 9 nitrogen and oxygen atoms in total. The normalized spacial score (nSPS) is 14.6. The molecule has 0 radical (unpaired) electrons. The Kier molecular flexibility index (Phi) is 7.86. The summed E-state index contributed by atoms with van der Waals surface area (Å²) in [6.07, 6.45) is 3.57. The highest BCUT2D eigenvalue weighted by molar-refractivity contribution is 6.03. The number of aromatic nitrogens is 4. The third kappa shape index (κ3) is 5.80. The van der Waals surface area contributed by atoms with Gasteiger partial charge in [-0.1, -0.05) is 24.1 Å². The summed E-state index contributed by atoms with van der Waals surface area (Å²) in [4.78, 5) is 26.2. The molecule has 194 valence electrons. The number of hydrogen-bond acceptors (Lipinski definition) is 5. The van der Waals surface area contributed by atoms with E-state index in [0.29, 0.717) is 42.8 Å². The maximum atomic E-state index is 13.0. The van der Waals surface area contributed by atoms with Gasteiger partial charge in [-0.2, -0.15) is 10.2 Å². The molecular weight excluding hydrogens is 480 g/mol. The molecule has 11 heteroatoms. The Morgan fingerprint density at radius 2 is 1.95 bits per heavy atom. The number of carbonyl (C=O) groups is 2. The molecule has 2 aromatic heterocycles. The lowest BCUT2D eigenvalue weighted by Crippen LogP contribution is -2.34. The third-order valence-corrected chi connectivity index (χ3v) is 6.44. The summed E-state index contributed by atoms with van der Waals surface area (Å²) in [5, 5.41) is 8.99. The first kappa shape index (κ1) is 25.9. The van der Waals surface area contributed by atoms with Gasteiger partial charge in [-0.3, -0.25) is 14.3 Å². The van der Waals surface area contributed by atoms with Crippen LogP contribution in [0.5, 0.6) is 0 Å². The molecule has 37 heavy (non-hydrogen) atoms. The molecule has 0 unspecified atom stereocenters. The number of amides is 2. The lowest BCUT2D eigenvalue weighted by atomic mass is 10.0. The highest BCUT2D eigenvalue weighted by atomic mass is 19.3. The van der Waals surface area contributed by atoms with E-state index in [2.05, 4.69) is 22.0 Å². The maximum Gasteiger partial charge on any atom is 0.298 e. The highest BCUT2D eigenvalue weighted by Gasteiger charge is 2.27. The lowest BCUT2D eigenvalue weighted by molar-refractivity contribution is -0.125. The predicted molar refractivity (Wildman–Crippen MR) is 134 cm³/mol. The van der Waals surface area contributed by atoms with E-state index in [9.17, 15) is 18.4 Å². The Morgan fingerprint density at radius 1 is 1.22 bits per heavy atom. The van der Waals surface area contributed by atoms with E-state index < -0.39 is 12.3 Å². The smallest absolute Gasteiger partial charge is 0.298 e. The number of nitrogens with two attached hydrogens (primary N) is 2. The first-order valence-electron chi connectivity index (χ1n) is 12.1. The second-order valence-corrected chi connectivity index (χ2v) is 9.00. The van der Waals surface area contributed by atoms with Crippen LogP contribution >= 0.6 is 0 Å². The van der Waals surface area contributed by atoms with Crippen LogP contribution < -0.4 is 11.5 Å². The van der Waals surface area contributed by atoms with Crippen LogP contribution in [0.4, 0.5) is 14.6 Å². The number of halogens is 2. The Morgan fingerprint density at radius 3 is 2.59 bits per heavy atom. The molecule has 0 spiro atoms. The van der Waals surface area contributed by atoms with Crippen molar-refractivity contribution in [2.24, 2.45) is 5.73 Å². The fourth-order valence-corrected chi connectivity index (χ4v) is 4.68. The molecule has 0 saturated carbocycles. The molecule has 0 atom stereocenters. The van der Waals surface area contributed by atoms with Gasteiger partial charge < -0.3 is 16.4 Å². The first-order chi connectivity index (χ1) is 17.8. The van der Waals surface area contributed by atoms with Crippen molar-refractivity contribution in [1.29, 1.82) is 0 Å². The zero-order valence-corrected chi connectivity index (χ0v) is 20.5. The average Bonchev–Trinajstić information content (AvgIpc) is 3.43. The number of nitrogen functional groups attached to an aromatic ring is 1. The van der Waals surface area contributed by atoms with Crippen molar-refractivity contribution in [3.63, 3.8) is 0 Å². The van der Waals surface area contributed by atoms with Gasteiger partial charge >= 0.3 is 0 Å². The minimum atomic E-state index is -2.56. The monoisotopic (exact) mass is 509 g/mol. The quantitative estimate of drug-likeness (QED) is 0.493. The van der Waals surface area contributed by atoms with Gasteiger partial charge in [0.05, 0.1) is 18.8 Å². The number of anilines is 1. The molecule has 0 bridgehead atoms. The van der Waals surface area contributed by atoms with E-state index in [1.54, 1.807) is 45.7 Å². The molecule has 4 N–H and O–H groups in total. The summed E-state index contributed by atoms with van der Waals surface area (Å²) < 4.78 is 29.3. The summed E-state index contributed by atoms with van der Waals surface area (Å²) in [5.74, 6) is 4.56. The molecule has 1 saturated heterocycles. The van der Waals surface area contributed by atoms with Crippen LogP contribution in [0.1, 0.15) is 66.6 Å². The molecule has 3 aromatic rings. The number of rotatable bonds is 6. The van der Waals surface area contributed by atoms with E-state index in [1.165, 1.54) is 12.1 Å². The second-order valence-electron chi connectivity index (χ2n) is 9.00. The Labute approximate surface area is 213 Å². The number of hydrogen-bond donors (Lipinski definition) is 2. The molecule has 4 rings (SSSR count). The van der Waals surface area contributed by atoms with Crippen molar-refractivity contribution in [1.82, 2.24) is 24.5 Å². The summed E-state index contributed by atoms with van der Waals surface area (Å²) in [7, 11) is 0. The zero-order chi connectivity index (χ0) is 26.5. The topological polar surface area (TPSA) is 125 Å². The highest BCUT2D eigenvalue weighted by Crippen LogP contribution is 2.32. The summed E-state index contributed by atoms with van der Waals surface area (Å²) in [6.45, 7) is 3.07. The summed E-state index contributed by atoms with van der Waals surface area (Å²) >= 11 is 0. The molecule has 2 amide bonds. The molecular formula is C26H29F2N7O2. The Bertz CT molecular complexity index is 1340. The van der Waals surface area contributed by atoms with Gasteiger partial charge in [0, 0.05) is 30.4 Å². The van der Waals surface area contributed by atoms with Crippen LogP contribution in [0.15, 0.2) is 36.7 Å². The van der Waals surface area contributed by atoms with E-state index in [4.69, 9.17) is 11.5 Å². The zero-order valence-electron chi connectivity index (χ0n) is 20.5. The van der Waals surface area contributed by atoms with Gasteiger partial charge in [0.2, 0.25) is 0 Å². The number of carbonyl (C=O) groups excluding carboxylic acids is 2. The summed E-state index contributed by atoms with van der Waals surface area (Å²) in [6, 6.07) is 6.07. The molecule has 1 aliphatic rings. The number of primary amides is 1. The minimum absolute atomic E-state index is 0.0580. The van der Waals surface area contributed by atoms with E-state index in [-0.39, 0.29) is 35.4 Å².